The predicted molar refractivity (Wildman–Crippen MR) is 63.7 cm³/mol. The Bertz CT molecular complexity index is 436. The predicted octanol–water partition coefficient (Wildman–Crippen LogP) is 0.656. The van der Waals surface area contributed by atoms with Crippen molar-refractivity contribution >= 4 is 11.7 Å². The Morgan fingerprint density at radius 1 is 1.29 bits per heavy atom. The molecular weight excluding hydrogens is 216 g/mol. The Balaban J connectivity index is 1.73. The van der Waals surface area contributed by atoms with Crippen molar-refractivity contribution in [2.45, 2.75) is 38.1 Å². The largest absolute Gasteiger partial charge is 0.365 e. The number of fused-ring (bicyclic) bond motifs is 1. The quantitative estimate of drug-likeness (QED) is 0.786. The monoisotopic (exact) mass is 232 g/mol. The van der Waals surface area contributed by atoms with Crippen LogP contribution in [0, 0.1) is 0 Å². The standard InChI is InChI=1S/C12H16N4O/c17-11-5-4-8(6-13-11)16-12-9-2-1-3-10(9)14-7-15-12/h7-8H,1-6H2,(H,13,17)(H,14,15,16). The number of carbonyl (C=O) groups excluding carboxylic acids is 1. The van der Waals surface area contributed by atoms with E-state index in [1.165, 1.54) is 17.7 Å². The van der Waals surface area contributed by atoms with Gasteiger partial charge in [-0.25, -0.2) is 9.97 Å². The Kier molecular flexibility index (Phi) is 2.66. The summed E-state index contributed by atoms with van der Waals surface area (Å²) in [5, 5.41) is 6.31. The number of nitrogens with one attached hydrogen (secondary N) is 2. The number of aryl methyl sites for hydroxylation is 1. The average Bonchev–Trinajstić information content (AvgIpc) is 2.81. The van der Waals surface area contributed by atoms with Gasteiger partial charge >= 0.3 is 0 Å². The fourth-order valence-electron chi connectivity index (χ4n) is 2.53. The molecule has 5 heteroatoms. The molecule has 0 bridgehead atoms. The van der Waals surface area contributed by atoms with Crippen molar-refractivity contribution in [3.05, 3.63) is 17.6 Å². The molecule has 0 radical (unpaired) electrons. The Labute approximate surface area is 100 Å². The smallest absolute Gasteiger partial charge is 0.220 e. The highest BCUT2D eigenvalue weighted by molar-refractivity contribution is 5.77. The summed E-state index contributed by atoms with van der Waals surface area (Å²) in [4.78, 5) is 19.7. The first kappa shape index (κ1) is 10.5. The molecule has 2 heterocycles. The number of hydrogen-bond acceptors (Lipinski definition) is 4. The van der Waals surface area contributed by atoms with Gasteiger partial charge in [-0.15, -0.1) is 0 Å². The zero-order chi connectivity index (χ0) is 11.7. The van der Waals surface area contributed by atoms with Gasteiger partial charge in [-0.05, 0) is 25.7 Å². The lowest BCUT2D eigenvalue weighted by molar-refractivity contribution is -0.122. The van der Waals surface area contributed by atoms with Crippen LogP contribution in [0.1, 0.15) is 30.5 Å². The van der Waals surface area contributed by atoms with Gasteiger partial charge in [0.2, 0.25) is 5.91 Å². The number of anilines is 1. The van der Waals surface area contributed by atoms with Crippen molar-refractivity contribution in [2.75, 3.05) is 11.9 Å². The fraction of sp³-hybridized carbons (Fsp3) is 0.583. The molecule has 2 N–H and O–H groups in total. The average molecular weight is 232 g/mol. The van der Waals surface area contributed by atoms with E-state index in [1.807, 2.05) is 0 Å². The second-order valence-electron chi connectivity index (χ2n) is 4.69. The van der Waals surface area contributed by atoms with E-state index in [-0.39, 0.29) is 5.91 Å². The summed E-state index contributed by atoms with van der Waals surface area (Å²) in [6.07, 6.45) is 6.42. The minimum atomic E-state index is 0.149. The molecule has 3 rings (SSSR count). The Morgan fingerprint density at radius 2 is 2.24 bits per heavy atom. The lowest BCUT2D eigenvalue weighted by Gasteiger charge is -2.24. The van der Waals surface area contributed by atoms with Crippen molar-refractivity contribution in [2.24, 2.45) is 0 Å². The van der Waals surface area contributed by atoms with E-state index in [2.05, 4.69) is 20.6 Å². The molecule has 0 saturated carbocycles. The molecule has 90 valence electrons. The summed E-state index contributed by atoms with van der Waals surface area (Å²) in [7, 11) is 0. The molecule has 1 atom stereocenters. The van der Waals surface area contributed by atoms with E-state index in [0.717, 1.165) is 25.1 Å². The summed E-state index contributed by atoms with van der Waals surface area (Å²) in [5.74, 6) is 1.12. The van der Waals surface area contributed by atoms with Gasteiger partial charge in [0.25, 0.3) is 0 Å². The fourth-order valence-corrected chi connectivity index (χ4v) is 2.53. The summed E-state index contributed by atoms with van der Waals surface area (Å²) in [6.45, 7) is 0.692. The number of nitrogens with zero attached hydrogens (tertiary/aromatic N) is 2. The summed E-state index contributed by atoms with van der Waals surface area (Å²) in [5.41, 5.74) is 2.45. The minimum Gasteiger partial charge on any atom is -0.365 e. The molecule has 1 fully saturated rings. The van der Waals surface area contributed by atoms with Gasteiger partial charge in [0.1, 0.15) is 12.1 Å². The molecule has 17 heavy (non-hydrogen) atoms. The third-order valence-corrected chi connectivity index (χ3v) is 3.48. The number of aromatic nitrogens is 2. The molecule has 2 aliphatic rings. The van der Waals surface area contributed by atoms with Crippen LogP contribution < -0.4 is 10.6 Å². The molecular formula is C12H16N4O. The molecule has 1 unspecified atom stereocenters. The van der Waals surface area contributed by atoms with E-state index in [0.29, 0.717) is 19.0 Å². The van der Waals surface area contributed by atoms with Crippen molar-refractivity contribution in [1.82, 2.24) is 15.3 Å². The summed E-state index contributed by atoms with van der Waals surface area (Å²) >= 11 is 0. The lowest BCUT2D eigenvalue weighted by Crippen LogP contribution is -2.42. The number of carbonyl (C=O) groups is 1. The van der Waals surface area contributed by atoms with Crippen LogP contribution >= 0.6 is 0 Å². The van der Waals surface area contributed by atoms with E-state index >= 15 is 0 Å². The van der Waals surface area contributed by atoms with Gasteiger partial charge in [-0.1, -0.05) is 0 Å². The van der Waals surface area contributed by atoms with Crippen LogP contribution in [0.15, 0.2) is 6.33 Å². The van der Waals surface area contributed by atoms with Crippen LogP contribution in [0.3, 0.4) is 0 Å². The van der Waals surface area contributed by atoms with Crippen LogP contribution in [-0.2, 0) is 17.6 Å². The number of hydrogen-bond donors (Lipinski definition) is 2. The van der Waals surface area contributed by atoms with Gasteiger partial charge in [0.15, 0.2) is 0 Å². The normalized spacial score (nSPS) is 23.1. The van der Waals surface area contributed by atoms with Crippen molar-refractivity contribution < 1.29 is 4.79 Å². The lowest BCUT2D eigenvalue weighted by atomic mass is 10.1. The maximum Gasteiger partial charge on any atom is 0.220 e. The molecule has 1 aliphatic carbocycles. The third-order valence-electron chi connectivity index (χ3n) is 3.48. The van der Waals surface area contributed by atoms with Crippen LogP contribution in [0.5, 0.6) is 0 Å². The van der Waals surface area contributed by atoms with Crippen molar-refractivity contribution in [3.8, 4) is 0 Å². The second kappa shape index (κ2) is 4.31. The van der Waals surface area contributed by atoms with Gasteiger partial charge < -0.3 is 10.6 Å². The van der Waals surface area contributed by atoms with Crippen LogP contribution in [-0.4, -0.2) is 28.5 Å². The molecule has 1 aliphatic heterocycles. The van der Waals surface area contributed by atoms with E-state index < -0.39 is 0 Å². The zero-order valence-electron chi connectivity index (χ0n) is 9.70. The molecule has 1 aromatic heterocycles. The van der Waals surface area contributed by atoms with E-state index in [9.17, 15) is 4.79 Å². The van der Waals surface area contributed by atoms with Gasteiger partial charge in [0.05, 0.1) is 0 Å². The van der Waals surface area contributed by atoms with E-state index in [1.54, 1.807) is 6.33 Å². The molecule has 0 aromatic carbocycles. The maximum absolute atomic E-state index is 11.1. The van der Waals surface area contributed by atoms with Crippen molar-refractivity contribution in [3.63, 3.8) is 0 Å². The first-order valence-electron chi connectivity index (χ1n) is 6.19. The molecule has 1 aromatic rings. The highest BCUT2D eigenvalue weighted by Gasteiger charge is 2.22. The molecule has 1 amide bonds. The minimum absolute atomic E-state index is 0.149. The SMILES string of the molecule is O=C1CCC(Nc2ncnc3c2CCC3)CN1. The number of piperidine rings is 1. The molecule has 5 nitrogen and oxygen atoms in total. The zero-order valence-corrected chi connectivity index (χ0v) is 9.70. The topological polar surface area (TPSA) is 66.9 Å². The summed E-state index contributed by atoms with van der Waals surface area (Å²) in [6, 6.07) is 0.298. The highest BCUT2D eigenvalue weighted by Crippen LogP contribution is 2.26. The Morgan fingerprint density at radius 3 is 3.06 bits per heavy atom. The number of amides is 1. The van der Waals surface area contributed by atoms with Gasteiger partial charge in [0, 0.05) is 30.3 Å². The third kappa shape index (κ3) is 2.09. The second-order valence-corrected chi connectivity index (χ2v) is 4.69. The number of rotatable bonds is 2. The highest BCUT2D eigenvalue weighted by atomic mass is 16.1. The van der Waals surface area contributed by atoms with Crippen LogP contribution in [0.4, 0.5) is 5.82 Å². The van der Waals surface area contributed by atoms with Crippen molar-refractivity contribution in [1.29, 1.82) is 0 Å². The molecule has 1 saturated heterocycles. The Hall–Kier alpha value is -1.65. The van der Waals surface area contributed by atoms with Crippen LogP contribution in [0.25, 0.3) is 0 Å². The first-order chi connectivity index (χ1) is 8.33. The molecule has 0 spiro atoms. The van der Waals surface area contributed by atoms with Gasteiger partial charge in [-0.3, -0.25) is 4.79 Å². The van der Waals surface area contributed by atoms with Gasteiger partial charge in [-0.2, -0.15) is 0 Å². The first-order valence-corrected chi connectivity index (χ1v) is 6.19. The maximum atomic E-state index is 11.1. The van der Waals surface area contributed by atoms with E-state index in [4.69, 9.17) is 0 Å². The summed E-state index contributed by atoms with van der Waals surface area (Å²) < 4.78 is 0. The van der Waals surface area contributed by atoms with Crippen LogP contribution in [0.2, 0.25) is 0 Å².